The number of aromatic nitrogens is 1. The zero-order valence-electron chi connectivity index (χ0n) is 20.4. The lowest BCUT2D eigenvalue weighted by Gasteiger charge is -2.26. The zero-order valence-corrected chi connectivity index (χ0v) is 21.2. The van der Waals surface area contributed by atoms with Crippen molar-refractivity contribution in [2.75, 3.05) is 39.4 Å². The van der Waals surface area contributed by atoms with E-state index >= 15 is 0 Å². The first-order valence-corrected chi connectivity index (χ1v) is 13.0. The number of rotatable bonds is 9. The van der Waals surface area contributed by atoms with Crippen LogP contribution in [0.2, 0.25) is 5.02 Å². The van der Waals surface area contributed by atoms with Gasteiger partial charge in [-0.15, -0.1) is 0 Å². The molecule has 0 saturated carbocycles. The average molecular weight is 502 g/mol. The summed E-state index contributed by atoms with van der Waals surface area (Å²) in [5.74, 6) is -0.0536. The molecule has 36 heavy (non-hydrogen) atoms. The van der Waals surface area contributed by atoms with E-state index in [1.165, 1.54) is 10.9 Å². The van der Waals surface area contributed by atoms with Gasteiger partial charge in [0.05, 0.1) is 13.2 Å². The normalized spacial score (nSPS) is 15.1. The molecule has 4 aromatic rings. The number of hydrogen-bond donors (Lipinski definition) is 1. The van der Waals surface area contributed by atoms with Gasteiger partial charge in [0.1, 0.15) is 0 Å². The number of benzene rings is 3. The monoisotopic (exact) mass is 501 g/mol. The van der Waals surface area contributed by atoms with Crippen molar-refractivity contribution in [1.29, 1.82) is 0 Å². The number of nitrogens with one attached hydrogen (secondary N) is 1. The maximum atomic E-state index is 13.2. The van der Waals surface area contributed by atoms with Crippen molar-refractivity contribution in [3.8, 4) is 0 Å². The molecule has 5 nitrogen and oxygen atoms in total. The summed E-state index contributed by atoms with van der Waals surface area (Å²) in [6, 6.07) is 26.8. The van der Waals surface area contributed by atoms with Crippen molar-refractivity contribution in [1.82, 2.24) is 14.8 Å². The van der Waals surface area contributed by atoms with Crippen molar-refractivity contribution in [2.24, 2.45) is 0 Å². The standard InChI is InChI=1S/C30H32ClN3O2/c31-25-10-6-9-24(19-25)27(20-30(35)32-13-14-33-15-17-36-18-16-33)28-22-34(21-23-7-2-1-3-8-23)29-12-5-4-11-26(28)29/h1-12,19,22,27H,13-18,20-21H2,(H,32,35)/t27-/m1/s1. The number of fused-ring (bicyclic) bond motifs is 1. The minimum Gasteiger partial charge on any atom is -0.379 e. The van der Waals surface area contributed by atoms with Gasteiger partial charge >= 0.3 is 0 Å². The molecule has 1 aliphatic rings. The van der Waals surface area contributed by atoms with Gasteiger partial charge in [0.15, 0.2) is 0 Å². The Labute approximate surface area is 217 Å². The summed E-state index contributed by atoms with van der Waals surface area (Å²) >= 11 is 6.39. The van der Waals surface area contributed by atoms with Gasteiger partial charge in [0.2, 0.25) is 5.91 Å². The summed E-state index contributed by atoms with van der Waals surface area (Å²) in [5, 5.41) is 4.99. The Hall–Kier alpha value is -3.12. The Morgan fingerprint density at radius 2 is 1.75 bits per heavy atom. The summed E-state index contributed by atoms with van der Waals surface area (Å²) in [7, 11) is 0. The molecular formula is C30H32ClN3O2. The second-order valence-electron chi connectivity index (χ2n) is 9.33. The number of ether oxygens (including phenoxy) is 1. The summed E-state index contributed by atoms with van der Waals surface area (Å²) in [6.45, 7) is 5.61. The van der Waals surface area contributed by atoms with E-state index in [9.17, 15) is 4.79 Å². The third kappa shape index (κ3) is 5.98. The molecular weight excluding hydrogens is 470 g/mol. The van der Waals surface area contributed by atoms with Crippen molar-refractivity contribution >= 4 is 28.4 Å². The van der Waals surface area contributed by atoms with Crippen molar-refractivity contribution in [2.45, 2.75) is 18.9 Å². The summed E-state index contributed by atoms with van der Waals surface area (Å²) in [4.78, 5) is 15.5. The number of morpholine rings is 1. The summed E-state index contributed by atoms with van der Waals surface area (Å²) in [5.41, 5.74) is 4.60. The Morgan fingerprint density at radius 1 is 0.972 bits per heavy atom. The lowest BCUT2D eigenvalue weighted by atomic mass is 9.88. The van der Waals surface area contributed by atoms with Gasteiger partial charge in [-0.3, -0.25) is 9.69 Å². The van der Waals surface area contributed by atoms with Crippen molar-refractivity contribution < 1.29 is 9.53 Å². The Balaban J connectivity index is 1.41. The van der Waals surface area contributed by atoms with Crippen LogP contribution in [0.15, 0.2) is 85.1 Å². The minimum absolute atomic E-state index is 0.0492. The lowest BCUT2D eigenvalue weighted by Crippen LogP contribution is -2.41. The van der Waals surface area contributed by atoms with Gasteiger partial charge in [-0.05, 0) is 34.9 Å². The predicted molar refractivity (Wildman–Crippen MR) is 146 cm³/mol. The highest BCUT2D eigenvalue weighted by Crippen LogP contribution is 2.36. The van der Waals surface area contributed by atoms with Crippen LogP contribution in [0.25, 0.3) is 10.9 Å². The first-order valence-electron chi connectivity index (χ1n) is 12.6. The maximum absolute atomic E-state index is 13.2. The van der Waals surface area contributed by atoms with Gasteiger partial charge < -0.3 is 14.6 Å². The van der Waals surface area contributed by atoms with Gasteiger partial charge in [0.25, 0.3) is 0 Å². The molecule has 0 spiro atoms. The van der Waals surface area contributed by atoms with E-state index in [-0.39, 0.29) is 11.8 Å². The molecule has 0 bridgehead atoms. The van der Waals surface area contributed by atoms with E-state index in [4.69, 9.17) is 16.3 Å². The fraction of sp³-hybridized carbons (Fsp3) is 0.300. The van der Waals surface area contributed by atoms with Crippen LogP contribution >= 0.6 is 11.6 Å². The van der Waals surface area contributed by atoms with Gasteiger partial charge in [0, 0.05) is 67.2 Å². The molecule has 1 aliphatic heterocycles. The van der Waals surface area contributed by atoms with Crippen LogP contribution in [0.5, 0.6) is 0 Å². The van der Waals surface area contributed by atoms with E-state index in [1.807, 2.05) is 24.3 Å². The Bertz CT molecular complexity index is 1300. The third-order valence-corrected chi connectivity index (χ3v) is 7.12. The Kier molecular flexibility index (Phi) is 8.01. The molecule has 5 rings (SSSR count). The third-order valence-electron chi connectivity index (χ3n) is 6.89. The van der Waals surface area contributed by atoms with Gasteiger partial charge in [-0.1, -0.05) is 72.3 Å². The quantitative estimate of drug-likeness (QED) is 0.338. The van der Waals surface area contributed by atoms with Crippen LogP contribution in [0.4, 0.5) is 0 Å². The molecule has 0 radical (unpaired) electrons. The molecule has 1 amide bonds. The highest BCUT2D eigenvalue weighted by molar-refractivity contribution is 6.30. The number of carbonyl (C=O) groups is 1. The highest BCUT2D eigenvalue weighted by Gasteiger charge is 2.23. The number of carbonyl (C=O) groups excluding carboxylic acids is 1. The maximum Gasteiger partial charge on any atom is 0.220 e. The molecule has 1 saturated heterocycles. The van der Waals surface area contributed by atoms with Crippen molar-refractivity contribution in [3.05, 3.63) is 107 Å². The largest absolute Gasteiger partial charge is 0.379 e. The Morgan fingerprint density at radius 3 is 2.56 bits per heavy atom. The average Bonchev–Trinajstić information content (AvgIpc) is 3.26. The SMILES string of the molecule is O=C(C[C@H](c1cccc(Cl)c1)c1cn(Cc2ccccc2)c2ccccc12)NCCN1CCOCC1. The number of para-hydroxylation sites is 1. The lowest BCUT2D eigenvalue weighted by molar-refractivity contribution is -0.121. The van der Waals surface area contributed by atoms with E-state index in [2.05, 4.69) is 75.6 Å². The van der Waals surface area contributed by atoms with Crippen molar-refractivity contribution in [3.63, 3.8) is 0 Å². The molecule has 186 valence electrons. The van der Waals surface area contributed by atoms with Crippen LogP contribution in [-0.4, -0.2) is 54.8 Å². The van der Waals surface area contributed by atoms with E-state index in [1.54, 1.807) is 0 Å². The van der Waals surface area contributed by atoms with E-state index in [0.29, 0.717) is 18.0 Å². The smallest absolute Gasteiger partial charge is 0.220 e. The van der Waals surface area contributed by atoms with Gasteiger partial charge in [-0.2, -0.15) is 0 Å². The second kappa shape index (κ2) is 11.7. The molecule has 3 aromatic carbocycles. The first-order chi connectivity index (χ1) is 17.7. The molecule has 0 unspecified atom stereocenters. The first kappa shape index (κ1) is 24.6. The fourth-order valence-electron chi connectivity index (χ4n) is 5.03. The molecule has 1 N–H and O–H groups in total. The number of hydrogen-bond acceptors (Lipinski definition) is 3. The second-order valence-corrected chi connectivity index (χ2v) is 9.77. The zero-order chi connectivity index (χ0) is 24.7. The molecule has 2 heterocycles. The molecule has 6 heteroatoms. The van der Waals surface area contributed by atoms with E-state index < -0.39 is 0 Å². The van der Waals surface area contributed by atoms with Crippen LogP contribution in [0.1, 0.15) is 29.0 Å². The fourth-order valence-corrected chi connectivity index (χ4v) is 5.23. The highest BCUT2D eigenvalue weighted by atomic mass is 35.5. The molecule has 1 fully saturated rings. The minimum atomic E-state index is -0.103. The topological polar surface area (TPSA) is 46.5 Å². The predicted octanol–water partition coefficient (Wildman–Crippen LogP) is 5.31. The van der Waals surface area contributed by atoms with E-state index in [0.717, 1.165) is 56.0 Å². The van der Waals surface area contributed by atoms with Crippen LogP contribution in [0.3, 0.4) is 0 Å². The molecule has 1 aromatic heterocycles. The number of amides is 1. The van der Waals surface area contributed by atoms with Crippen LogP contribution in [0, 0.1) is 0 Å². The van der Waals surface area contributed by atoms with Crippen LogP contribution in [-0.2, 0) is 16.1 Å². The number of halogens is 1. The number of nitrogens with zero attached hydrogens (tertiary/aromatic N) is 2. The van der Waals surface area contributed by atoms with Crippen LogP contribution < -0.4 is 5.32 Å². The summed E-state index contributed by atoms with van der Waals surface area (Å²) < 4.78 is 7.71. The van der Waals surface area contributed by atoms with Gasteiger partial charge in [-0.25, -0.2) is 0 Å². The summed E-state index contributed by atoms with van der Waals surface area (Å²) in [6.07, 6.45) is 2.58. The molecule has 1 atom stereocenters. The molecule has 0 aliphatic carbocycles.